The summed E-state index contributed by atoms with van der Waals surface area (Å²) in [5, 5.41) is 0. The number of rotatable bonds is 5. The summed E-state index contributed by atoms with van der Waals surface area (Å²) >= 11 is 4.29. The highest BCUT2D eigenvalue weighted by molar-refractivity contribution is 7.80. The third-order valence-corrected chi connectivity index (χ3v) is 2.99. The van der Waals surface area contributed by atoms with Crippen LogP contribution < -0.4 is 9.47 Å². The SMILES string of the molecule is COc1ccc(OC)c(CC(C)CS)c1. The first-order chi connectivity index (χ1) is 7.21. The normalized spacial score (nSPS) is 12.3. The van der Waals surface area contributed by atoms with Crippen LogP contribution in [0.2, 0.25) is 0 Å². The maximum Gasteiger partial charge on any atom is 0.122 e. The predicted molar refractivity (Wildman–Crippen MR) is 66.3 cm³/mol. The average Bonchev–Trinajstić information content (AvgIpc) is 2.28. The Hall–Kier alpha value is -0.830. The second kappa shape index (κ2) is 5.91. The van der Waals surface area contributed by atoms with E-state index in [0.29, 0.717) is 5.92 Å². The van der Waals surface area contributed by atoms with Crippen molar-refractivity contribution in [3.63, 3.8) is 0 Å². The molecule has 0 heterocycles. The van der Waals surface area contributed by atoms with Crippen molar-refractivity contribution in [1.82, 2.24) is 0 Å². The monoisotopic (exact) mass is 226 g/mol. The zero-order valence-electron chi connectivity index (χ0n) is 9.49. The fourth-order valence-corrected chi connectivity index (χ4v) is 1.61. The number of benzene rings is 1. The lowest BCUT2D eigenvalue weighted by Gasteiger charge is -2.13. The Morgan fingerprint density at radius 2 is 2.00 bits per heavy atom. The maximum atomic E-state index is 5.31. The molecule has 0 spiro atoms. The Labute approximate surface area is 97.0 Å². The number of hydrogen-bond donors (Lipinski definition) is 1. The van der Waals surface area contributed by atoms with Crippen LogP contribution in [0.1, 0.15) is 12.5 Å². The molecule has 0 radical (unpaired) electrons. The highest BCUT2D eigenvalue weighted by Gasteiger charge is 2.08. The summed E-state index contributed by atoms with van der Waals surface area (Å²) in [4.78, 5) is 0. The molecule has 2 nitrogen and oxygen atoms in total. The van der Waals surface area contributed by atoms with Gasteiger partial charge < -0.3 is 9.47 Å². The molecule has 84 valence electrons. The molecule has 0 bridgehead atoms. The number of hydrogen-bond acceptors (Lipinski definition) is 3. The summed E-state index contributed by atoms with van der Waals surface area (Å²) in [5.74, 6) is 3.20. The van der Waals surface area contributed by atoms with Crippen LogP contribution >= 0.6 is 12.6 Å². The zero-order chi connectivity index (χ0) is 11.3. The van der Waals surface area contributed by atoms with E-state index in [1.165, 1.54) is 5.56 Å². The van der Waals surface area contributed by atoms with Gasteiger partial charge in [-0.05, 0) is 41.9 Å². The Morgan fingerprint density at radius 1 is 1.27 bits per heavy atom. The lowest BCUT2D eigenvalue weighted by molar-refractivity contribution is 0.396. The predicted octanol–water partition coefficient (Wildman–Crippen LogP) is 2.81. The van der Waals surface area contributed by atoms with Gasteiger partial charge in [0.1, 0.15) is 11.5 Å². The average molecular weight is 226 g/mol. The van der Waals surface area contributed by atoms with E-state index in [4.69, 9.17) is 9.47 Å². The van der Waals surface area contributed by atoms with E-state index >= 15 is 0 Å². The molecule has 0 fully saturated rings. The van der Waals surface area contributed by atoms with Crippen molar-refractivity contribution in [2.75, 3.05) is 20.0 Å². The third kappa shape index (κ3) is 3.34. The highest BCUT2D eigenvalue weighted by atomic mass is 32.1. The van der Waals surface area contributed by atoms with Crippen molar-refractivity contribution in [3.8, 4) is 11.5 Å². The minimum absolute atomic E-state index is 0.536. The quantitative estimate of drug-likeness (QED) is 0.778. The summed E-state index contributed by atoms with van der Waals surface area (Å²) in [6.07, 6.45) is 0.962. The molecule has 0 aliphatic heterocycles. The first-order valence-corrected chi connectivity index (χ1v) is 5.66. The molecular formula is C12H18O2S. The second-order valence-corrected chi connectivity index (χ2v) is 4.03. The van der Waals surface area contributed by atoms with E-state index in [1.807, 2.05) is 18.2 Å². The van der Waals surface area contributed by atoms with E-state index in [9.17, 15) is 0 Å². The van der Waals surface area contributed by atoms with Crippen LogP contribution in [-0.2, 0) is 6.42 Å². The molecule has 0 aliphatic carbocycles. The Kier molecular flexibility index (Phi) is 4.82. The molecule has 0 aromatic heterocycles. The van der Waals surface area contributed by atoms with Gasteiger partial charge in [0.25, 0.3) is 0 Å². The summed E-state index contributed by atoms with van der Waals surface area (Å²) in [7, 11) is 3.37. The molecular weight excluding hydrogens is 208 g/mol. The highest BCUT2D eigenvalue weighted by Crippen LogP contribution is 2.26. The van der Waals surface area contributed by atoms with Crippen LogP contribution in [0.4, 0.5) is 0 Å². The molecule has 0 aliphatic rings. The molecule has 0 amide bonds. The van der Waals surface area contributed by atoms with Crippen molar-refractivity contribution < 1.29 is 9.47 Å². The maximum absolute atomic E-state index is 5.31. The fraction of sp³-hybridized carbons (Fsp3) is 0.500. The fourth-order valence-electron chi connectivity index (χ4n) is 1.48. The largest absolute Gasteiger partial charge is 0.497 e. The van der Waals surface area contributed by atoms with Gasteiger partial charge in [-0.3, -0.25) is 0 Å². The van der Waals surface area contributed by atoms with Crippen LogP contribution in [0.25, 0.3) is 0 Å². The van der Waals surface area contributed by atoms with Gasteiger partial charge in [0.15, 0.2) is 0 Å². The zero-order valence-corrected chi connectivity index (χ0v) is 10.4. The second-order valence-electron chi connectivity index (χ2n) is 3.67. The summed E-state index contributed by atoms with van der Waals surface area (Å²) in [6, 6.07) is 5.88. The van der Waals surface area contributed by atoms with Crippen molar-refractivity contribution in [1.29, 1.82) is 0 Å². The molecule has 3 heteroatoms. The molecule has 1 aromatic rings. The van der Waals surface area contributed by atoms with Gasteiger partial charge in [0.2, 0.25) is 0 Å². The number of thiol groups is 1. The van der Waals surface area contributed by atoms with Crippen LogP contribution in [-0.4, -0.2) is 20.0 Å². The van der Waals surface area contributed by atoms with Gasteiger partial charge in [-0.25, -0.2) is 0 Å². The summed E-state index contributed by atoms with van der Waals surface area (Å²) in [6.45, 7) is 2.17. The topological polar surface area (TPSA) is 18.5 Å². The molecule has 0 saturated carbocycles. The van der Waals surface area contributed by atoms with Gasteiger partial charge in [-0.2, -0.15) is 12.6 Å². The number of methoxy groups -OCH3 is 2. The van der Waals surface area contributed by atoms with E-state index < -0.39 is 0 Å². The van der Waals surface area contributed by atoms with Crippen molar-refractivity contribution >= 4 is 12.6 Å². The van der Waals surface area contributed by atoms with E-state index in [2.05, 4.69) is 19.6 Å². The minimum atomic E-state index is 0.536. The van der Waals surface area contributed by atoms with Gasteiger partial charge in [-0.1, -0.05) is 6.92 Å². The Morgan fingerprint density at radius 3 is 2.53 bits per heavy atom. The Balaban J connectivity index is 2.90. The number of ether oxygens (including phenoxy) is 2. The van der Waals surface area contributed by atoms with Gasteiger partial charge in [0, 0.05) is 0 Å². The molecule has 1 unspecified atom stereocenters. The first kappa shape index (κ1) is 12.2. The molecule has 0 N–H and O–H groups in total. The van der Waals surface area contributed by atoms with E-state index in [-0.39, 0.29) is 0 Å². The van der Waals surface area contributed by atoms with Gasteiger partial charge in [-0.15, -0.1) is 0 Å². The van der Waals surface area contributed by atoms with Gasteiger partial charge >= 0.3 is 0 Å². The van der Waals surface area contributed by atoms with Crippen LogP contribution in [0, 0.1) is 5.92 Å². The molecule has 1 aromatic carbocycles. The van der Waals surface area contributed by atoms with Crippen LogP contribution in [0.3, 0.4) is 0 Å². The van der Waals surface area contributed by atoms with Crippen molar-refractivity contribution in [2.45, 2.75) is 13.3 Å². The lowest BCUT2D eigenvalue weighted by atomic mass is 10.0. The van der Waals surface area contributed by atoms with Crippen LogP contribution in [0.5, 0.6) is 11.5 Å². The molecule has 0 saturated heterocycles. The molecule has 1 rings (SSSR count). The van der Waals surface area contributed by atoms with Crippen LogP contribution in [0.15, 0.2) is 18.2 Å². The summed E-state index contributed by atoms with van der Waals surface area (Å²) < 4.78 is 10.5. The van der Waals surface area contributed by atoms with E-state index in [1.54, 1.807) is 14.2 Å². The third-order valence-electron chi connectivity index (χ3n) is 2.37. The Bertz CT molecular complexity index is 312. The smallest absolute Gasteiger partial charge is 0.122 e. The van der Waals surface area contributed by atoms with Crippen molar-refractivity contribution in [2.24, 2.45) is 5.92 Å². The molecule has 15 heavy (non-hydrogen) atoms. The van der Waals surface area contributed by atoms with Gasteiger partial charge in [0.05, 0.1) is 14.2 Å². The lowest BCUT2D eigenvalue weighted by Crippen LogP contribution is -2.03. The minimum Gasteiger partial charge on any atom is -0.497 e. The van der Waals surface area contributed by atoms with E-state index in [0.717, 1.165) is 23.7 Å². The summed E-state index contributed by atoms with van der Waals surface area (Å²) in [5.41, 5.74) is 1.18. The standard InChI is InChI=1S/C12H18O2S/c1-9(8-15)6-10-7-11(13-2)4-5-12(10)14-3/h4-5,7,9,15H,6,8H2,1-3H3. The first-order valence-electron chi connectivity index (χ1n) is 5.03. The van der Waals surface area contributed by atoms with Crippen molar-refractivity contribution in [3.05, 3.63) is 23.8 Å². The molecule has 1 atom stereocenters.